The molecule has 0 unspecified atom stereocenters. The summed E-state index contributed by atoms with van der Waals surface area (Å²) in [7, 11) is 0. The van der Waals surface area contributed by atoms with Crippen molar-refractivity contribution in [2.75, 3.05) is 0 Å². The quantitative estimate of drug-likeness (QED) is 0.178. The van der Waals surface area contributed by atoms with Crippen LogP contribution in [0.5, 0.6) is 0 Å². The maximum Gasteiger partial charge on any atom is 0.235 e. The zero-order valence-electron chi connectivity index (χ0n) is 33.8. The minimum absolute atomic E-state index is 0.103. The van der Waals surface area contributed by atoms with Gasteiger partial charge in [-0.25, -0.2) is 9.97 Å². The van der Waals surface area contributed by atoms with Gasteiger partial charge in [-0.1, -0.05) is 159 Å². The predicted octanol–water partition coefficient (Wildman–Crippen LogP) is 14.6. The van der Waals surface area contributed by atoms with E-state index in [0.29, 0.717) is 5.95 Å². The number of aromatic nitrogens is 4. The molecule has 0 radical (unpaired) electrons. The van der Waals surface area contributed by atoms with Crippen molar-refractivity contribution in [2.45, 2.75) is 19.3 Å². The largest absolute Gasteiger partial charge is 0.309 e. The van der Waals surface area contributed by atoms with Crippen LogP contribution in [0.25, 0.3) is 110 Å². The van der Waals surface area contributed by atoms with Gasteiger partial charge in [0, 0.05) is 43.6 Å². The Kier molecular flexibility index (Phi) is 7.04. The average Bonchev–Trinajstić information content (AvgIpc) is 3.91. The zero-order chi connectivity index (χ0) is 40.4. The van der Waals surface area contributed by atoms with Crippen LogP contribution in [0, 0.1) is 0 Å². The van der Waals surface area contributed by atoms with Crippen LogP contribution in [0.4, 0.5) is 0 Å². The first-order chi connectivity index (χ1) is 30.0. The van der Waals surface area contributed by atoms with E-state index in [9.17, 15) is 0 Å². The van der Waals surface area contributed by atoms with E-state index in [1.54, 1.807) is 0 Å². The Morgan fingerprint density at radius 3 is 1.85 bits per heavy atom. The minimum Gasteiger partial charge on any atom is -0.309 e. The maximum absolute atomic E-state index is 5.32. The third-order valence-corrected chi connectivity index (χ3v) is 13.3. The van der Waals surface area contributed by atoms with Gasteiger partial charge in [0.15, 0.2) is 0 Å². The smallest absolute Gasteiger partial charge is 0.235 e. The van der Waals surface area contributed by atoms with Gasteiger partial charge < -0.3 is 4.57 Å². The van der Waals surface area contributed by atoms with Crippen molar-refractivity contribution in [1.82, 2.24) is 19.1 Å². The molecule has 286 valence electrons. The molecule has 0 aliphatic heterocycles. The lowest BCUT2D eigenvalue weighted by Gasteiger charge is -2.22. The van der Waals surface area contributed by atoms with Gasteiger partial charge in [-0.3, -0.25) is 4.57 Å². The van der Waals surface area contributed by atoms with Crippen LogP contribution in [0.3, 0.4) is 0 Å². The van der Waals surface area contributed by atoms with Crippen LogP contribution in [0.2, 0.25) is 0 Å². The van der Waals surface area contributed by atoms with E-state index >= 15 is 0 Å². The standard InChI is InChI=1S/C57H38N4/c1-57(2)47-24-12-8-19-39(47)40-30-29-37(33-48(40)57)60-51-27-15-11-23-44(51)54-42-21-7-6-18-38(42)45(34-53(54)60)36-28-31-52-46(32-36)41-20-10-14-26-50(41)61(52)56-58-49-25-13-9-22-43(49)55(59-56)35-16-4-3-5-17-35/h3-34H,1-2H3. The molecule has 3 heterocycles. The Balaban J connectivity index is 1.05. The van der Waals surface area contributed by atoms with Crippen molar-refractivity contribution in [3.8, 4) is 45.1 Å². The van der Waals surface area contributed by atoms with E-state index in [-0.39, 0.29) is 5.41 Å². The molecular formula is C57H38N4. The van der Waals surface area contributed by atoms with Gasteiger partial charge in [-0.2, -0.15) is 0 Å². The van der Waals surface area contributed by atoms with Crippen molar-refractivity contribution in [2.24, 2.45) is 0 Å². The van der Waals surface area contributed by atoms with Crippen LogP contribution >= 0.6 is 0 Å². The first-order valence-electron chi connectivity index (χ1n) is 21.1. The SMILES string of the molecule is CC1(C)c2ccccc2-c2ccc(-n3c4ccccc4c4c5ccccc5c(-c5ccc6c(c5)c5ccccc5n6-c5nc(-c6ccccc6)c6ccccc6n5)cc43)cc21. The molecule has 0 amide bonds. The van der Waals surface area contributed by atoms with Crippen molar-refractivity contribution < 1.29 is 0 Å². The molecule has 0 bridgehead atoms. The molecule has 4 nitrogen and oxygen atoms in total. The lowest BCUT2D eigenvalue weighted by atomic mass is 9.82. The molecule has 0 fully saturated rings. The number of hydrogen-bond donors (Lipinski definition) is 0. The molecule has 0 saturated carbocycles. The van der Waals surface area contributed by atoms with E-state index in [1.807, 2.05) is 6.07 Å². The Morgan fingerprint density at radius 1 is 0.377 bits per heavy atom. The molecule has 3 aromatic heterocycles. The molecule has 0 N–H and O–H groups in total. The molecule has 12 aromatic rings. The highest BCUT2D eigenvalue weighted by atomic mass is 15.2. The molecule has 0 spiro atoms. The highest BCUT2D eigenvalue weighted by Gasteiger charge is 2.35. The maximum atomic E-state index is 5.32. The lowest BCUT2D eigenvalue weighted by molar-refractivity contribution is 0.660. The number of fused-ring (bicyclic) bond motifs is 12. The summed E-state index contributed by atoms with van der Waals surface area (Å²) in [5.74, 6) is 0.661. The Hall–Kier alpha value is -7.82. The van der Waals surface area contributed by atoms with Crippen molar-refractivity contribution in [3.63, 3.8) is 0 Å². The number of benzene rings is 9. The fraction of sp³-hybridized carbons (Fsp3) is 0.0526. The summed E-state index contributed by atoms with van der Waals surface area (Å²) in [5.41, 5.74) is 16.3. The van der Waals surface area contributed by atoms with Crippen LogP contribution in [-0.4, -0.2) is 19.1 Å². The van der Waals surface area contributed by atoms with Gasteiger partial charge in [-0.05, 0) is 92.7 Å². The van der Waals surface area contributed by atoms with Crippen molar-refractivity contribution >= 4 is 65.3 Å². The summed E-state index contributed by atoms with van der Waals surface area (Å²) in [6.07, 6.45) is 0. The van der Waals surface area contributed by atoms with Gasteiger partial charge in [0.25, 0.3) is 0 Å². The first kappa shape index (κ1) is 34.1. The molecule has 1 aliphatic carbocycles. The minimum atomic E-state index is -0.103. The molecule has 9 aromatic carbocycles. The van der Waals surface area contributed by atoms with Gasteiger partial charge in [0.2, 0.25) is 5.95 Å². The van der Waals surface area contributed by atoms with Gasteiger partial charge in [0.05, 0.1) is 33.3 Å². The first-order valence-corrected chi connectivity index (χ1v) is 21.1. The normalized spacial score (nSPS) is 13.2. The van der Waals surface area contributed by atoms with Crippen molar-refractivity contribution in [1.29, 1.82) is 0 Å². The molecule has 4 heteroatoms. The fourth-order valence-corrected chi connectivity index (χ4v) is 10.5. The molecule has 61 heavy (non-hydrogen) atoms. The van der Waals surface area contributed by atoms with Crippen molar-refractivity contribution in [3.05, 3.63) is 205 Å². The number of nitrogens with zero attached hydrogens (tertiary/aromatic N) is 4. The number of hydrogen-bond acceptors (Lipinski definition) is 2. The summed E-state index contributed by atoms with van der Waals surface area (Å²) < 4.78 is 4.73. The Bertz CT molecular complexity index is 3790. The summed E-state index contributed by atoms with van der Waals surface area (Å²) in [6.45, 7) is 4.72. The van der Waals surface area contributed by atoms with E-state index in [4.69, 9.17) is 9.97 Å². The van der Waals surface area contributed by atoms with E-state index in [0.717, 1.165) is 38.6 Å². The summed E-state index contributed by atoms with van der Waals surface area (Å²) >= 11 is 0. The van der Waals surface area contributed by atoms with E-state index in [2.05, 4.69) is 211 Å². The fourth-order valence-electron chi connectivity index (χ4n) is 10.5. The number of rotatable bonds is 4. The number of para-hydroxylation sites is 3. The van der Waals surface area contributed by atoms with Gasteiger partial charge in [0.1, 0.15) is 0 Å². The summed E-state index contributed by atoms with van der Waals surface area (Å²) in [5, 5.41) is 8.38. The average molecular weight is 779 g/mol. The second kappa shape index (κ2) is 12.6. The topological polar surface area (TPSA) is 35.6 Å². The van der Waals surface area contributed by atoms with E-state index in [1.165, 1.54) is 77.0 Å². The zero-order valence-corrected chi connectivity index (χ0v) is 33.8. The molecular weight excluding hydrogens is 741 g/mol. The molecule has 1 aliphatic rings. The third-order valence-electron chi connectivity index (χ3n) is 13.3. The van der Waals surface area contributed by atoms with Crippen LogP contribution in [0.1, 0.15) is 25.0 Å². The van der Waals surface area contributed by atoms with Gasteiger partial charge in [-0.15, -0.1) is 0 Å². The third kappa shape index (κ3) is 4.82. The van der Waals surface area contributed by atoms with Gasteiger partial charge >= 0.3 is 0 Å². The van der Waals surface area contributed by atoms with Crippen LogP contribution < -0.4 is 0 Å². The molecule has 0 atom stereocenters. The predicted molar refractivity (Wildman–Crippen MR) is 254 cm³/mol. The second-order valence-corrected chi connectivity index (χ2v) is 17.0. The highest BCUT2D eigenvalue weighted by Crippen LogP contribution is 2.50. The molecule has 13 rings (SSSR count). The van der Waals surface area contributed by atoms with Crippen LogP contribution in [0.15, 0.2) is 194 Å². The monoisotopic (exact) mass is 778 g/mol. The summed E-state index contributed by atoms with van der Waals surface area (Å²) in [6, 6.07) is 70.6. The van der Waals surface area contributed by atoms with Crippen LogP contribution in [-0.2, 0) is 5.41 Å². The van der Waals surface area contributed by atoms with E-state index < -0.39 is 0 Å². The summed E-state index contributed by atoms with van der Waals surface area (Å²) in [4.78, 5) is 10.5. The Morgan fingerprint density at radius 2 is 1.02 bits per heavy atom. The second-order valence-electron chi connectivity index (χ2n) is 17.0. The Labute approximate surface area is 352 Å². The highest BCUT2D eigenvalue weighted by molar-refractivity contribution is 6.24. The molecule has 0 saturated heterocycles. The lowest BCUT2D eigenvalue weighted by Crippen LogP contribution is -2.15.